The molecule has 1 N–H and O–H groups in total. The molecule has 0 bridgehead atoms. The number of Topliss-reactive ketones (excluding diaryl/α,β-unsaturated/α-hetero) is 1. The van der Waals surface area contributed by atoms with Crippen LogP contribution < -0.4 is 0 Å². The van der Waals surface area contributed by atoms with Crippen LogP contribution in [0.3, 0.4) is 0 Å². The minimum Gasteiger partial charge on any atom is -0.368 e. The molecule has 0 heterocycles. The Bertz CT molecular complexity index is 227. The van der Waals surface area contributed by atoms with Crippen LogP contribution in [0.1, 0.15) is 47.5 Å². The van der Waals surface area contributed by atoms with Crippen molar-refractivity contribution in [2.45, 2.75) is 58.7 Å². The van der Waals surface area contributed by atoms with Gasteiger partial charge in [-0.25, -0.2) is 0 Å². The molecule has 82 valence electrons. The van der Waals surface area contributed by atoms with Crippen molar-refractivity contribution in [2.24, 2.45) is 10.2 Å². The number of rotatable bonds is 4. The normalized spacial score (nSPS) is 17.0. The monoisotopic (exact) mass is 200 g/mol. The highest BCUT2D eigenvalue weighted by atomic mass is 16.3. The van der Waals surface area contributed by atoms with Crippen LogP contribution in [0, 0.1) is 0 Å². The Labute approximate surface area is 85.4 Å². The van der Waals surface area contributed by atoms with Gasteiger partial charge in [0, 0.05) is 12.8 Å². The minimum atomic E-state index is -1.22. The highest BCUT2D eigenvalue weighted by molar-refractivity contribution is 5.75. The van der Waals surface area contributed by atoms with Gasteiger partial charge in [0.1, 0.15) is 5.78 Å². The molecule has 4 heteroatoms. The maximum Gasteiger partial charge on any atom is 0.173 e. The van der Waals surface area contributed by atoms with E-state index in [0.29, 0.717) is 12.8 Å². The Morgan fingerprint density at radius 2 is 1.71 bits per heavy atom. The summed E-state index contributed by atoms with van der Waals surface area (Å²) in [6.07, 6.45) is 0.651. The van der Waals surface area contributed by atoms with E-state index in [-0.39, 0.29) is 11.3 Å². The molecular weight excluding hydrogens is 180 g/mol. The number of nitrogens with zero attached hydrogens (tertiary/aromatic N) is 2. The maximum absolute atomic E-state index is 10.7. The van der Waals surface area contributed by atoms with Gasteiger partial charge in [-0.1, -0.05) is 0 Å². The summed E-state index contributed by atoms with van der Waals surface area (Å²) >= 11 is 0. The van der Waals surface area contributed by atoms with E-state index in [1.54, 1.807) is 6.92 Å². The summed E-state index contributed by atoms with van der Waals surface area (Å²) in [5.41, 5.74) is -1.51. The van der Waals surface area contributed by atoms with Crippen LogP contribution >= 0.6 is 0 Å². The number of hydrogen-bond donors (Lipinski definition) is 1. The Morgan fingerprint density at radius 1 is 1.21 bits per heavy atom. The molecule has 1 unspecified atom stereocenters. The first-order valence-electron chi connectivity index (χ1n) is 4.78. The highest BCUT2D eigenvalue weighted by Crippen LogP contribution is 2.17. The van der Waals surface area contributed by atoms with E-state index in [1.807, 2.05) is 20.8 Å². The lowest BCUT2D eigenvalue weighted by Crippen LogP contribution is -2.23. The van der Waals surface area contributed by atoms with Gasteiger partial charge in [0.15, 0.2) is 5.72 Å². The van der Waals surface area contributed by atoms with Crippen LogP contribution in [0.5, 0.6) is 0 Å². The van der Waals surface area contributed by atoms with Gasteiger partial charge in [0.05, 0.1) is 5.54 Å². The Morgan fingerprint density at radius 3 is 2.07 bits per heavy atom. The van der Waals surface area contributed by atoms with Crippen molar-refractivity contribution in [2.75, 3.05) is 0 Å². The molecule has 14 heavy (non-hydrogen) atoms. The average Bonchev–Trinajstić information content (AvgIpc) is 1.97. The van der Waals surface area contributed by atoms with Gasteiger partial charge in [-0.15, -0.1) is 0 Å². The first kappa shape index (κ1) is 13.2. The first-order chi connectivity index (χ1) is 6.12. The standard InChI is InChI=1S/C10H20N2O2/c1-8(13)6-7-10(5,14)12-11-9(2,3)4/h14H,6-7H2,1-5H3. The summed E-state index contributed by atoms with van der Waals surface area (Å²) in [4.78, 5) is 10.7. The third kappa shape index (κ3) is 7.86. The number of carbonyl (C=O) groups excluding carboxylic acids is 1. The molecule has 0 saturated carbocycles. The SMILES string of the molecule is CC(=O)CCC(C)(O)N=NC(C)(C)C. The highest BCUT2D eigenvalue weighted by Gasteiger charge is 2.21. The van der Waals surface area contributed by atoms with Crippen molar-refractivity contribution in [1.29, 1.82) is 0 Å². The van der Waals surface area contributed by atoms with Gasteiger partial charge in [0.25, 0.3) is 0 Å². The van der Waals surface area contributed by atoms with E-state index in [2.05, 4.69) is 10.2 Å². The van der Waals surface area contributed by atoms with E-state index >= 15 is 0 Å². The third-order valence-electron chi connectivity index (χ3n) is 1.52. The number of carbonyl (C=O) groups is 1. The van der Waals surface area contributed by atoms with Crippen molar-refractivity contribution >= 4 is 5.78 Å². The number of ketones is 1. The Kier molecular flexibility index (Phi) is 4.39. The van der Waals surface area contributed by atoms with Crippen molar-refractivity contribution in [3.8, 4) is 0 Å². The average molecular weight is 200 g/mol. The lowest BCUT2D eigenvalue weighted by molar-refractivity contribution is -0.118. The number of hydrogen-bond acceptors (Lipinski definition) is 4. The fourth-order valence-electron chi connectivity index (χ4n) is 0.721. The van der Waals surface area contributed by atoms with Crippen LogP contribution in [0.15, 0.2) is 10.2 Å². The van der Waals surface area contributed by atoms with Gasteiger partial charge in [-0.3, -0.25) is 0 Å². The second-order valence-electron chi connectivity index (χ2n) is 4.79. The molecule has 0 radical (unpaired) electrons. The topological polar surface area (TPSA) is 62.0 Å². The molecule has 0 aromatic heterocycles. The second kappa shape index (κ2) is 4.64. The van der Waals surface area contributed by atoms with Crippen molar-refractivity contribution in [3.63, 3.8) is 0 Å². The van der Waals surface area contributed by atoms with E-state index in [1.165, 1.54) is 6.92 Å². The first-order valence-corrected chi connectivity index (χ1v) is 4.78. The molecule has 0 saturated heterocycles. The maximum atomic E-state index is 10.7. The minimum absolute atomic E-state index is 0.0521. The van der Waals surface area contributed by atoms with Crippen LogP contribution in [-0.2, 0) is 4.79 Å². The van der Waals surface area contributed by atoms with E-state index < -0.39 is 5.72 Å². The summed E-state index contributed by atoms with van der Waals surface area (Å²) in [6, 6.07) is 0. The zero-order chi connectivity index (χ0) is 11.4. The lowest BCUT2D eigenvalue weighted by atomic mass is 10.1. The third-order valence-corrected chi connectivity index (χ3v) is 1.52. The molecule has 0 spiro atoms. The van der Waals surface area contributed by atoms with Crippen LogP contribution in [0.25, 0.3) is 0 Å². The van der Waals surface area contributed by atoms with Crippen LogP contribution in [0.2, 0.25) is 0 Å². The largest absolute Gasteiger partial charge is 0.368 e. The molecule has 0 aromatic carbocycles. The zero-order valence-electron chi connectivity index (χ0n) is 9.66. The predicted molar refractivity (Wildman–Crippen MR) is 55.1 cm³/mol. The second-order valence-corrected chi connectivity index (χ2v) is 4.79. The molecule has 0 fully saturated rings. The fraction of sp³-hybridized carbons (Fsp3) is 0.900. The van der Waals surface area contributed by atoms with E-state index in [0.717, 1.165) is 0 Å². The summed E-state index contributed by atoms with van der Waals surface area (Å²) in [5.74, 6) is 0.0521. The Balaban J connectivity index is 4.20. The van der Waals surface area contributed by atoms with Gasteiger partial charge >= 0.3 is 0 Å². The molecule has 4 nitrogen and oxygen atoms in total. The zero-order valence-corrected chi connectivity index (χ0v) is 9.66. The van der Waals surface area contributed by atoms with Gasteiger partial charge in [0.2, 0.25) is 0 Å². The van der Waals surface area contributed by atoms with Gasteiger partial charge < -0.3 is 9.90 Å². The van der Waals surface area contributed by atoms with Crippen LogP contribution in [-0.4, -0.2) is 22.2 Å². The number of aliphatic hydroxyl groups is 1. The van der Waals surface area contributed by atoms with E-state index in [4.69, 9.17) is 0 Å². The summed E-state index contributed by atoms with van der Waals surface area (Å²) in [6.45, 7) is 8.76. The molecule has 0 aliphatic rings. The van der Waals surface area contributed by atoms with Gasteiger partial charge in [-0.2, -0.15) is 10.2 Å². The molecule has 0 rings (SSSR count). The van der Waals surface area contributed by atoms with Crippen molar-refractivity contribution < 1.29 is 9.90 Å². The summed E-state index contributed by atoms with van der Waals surface area (Å²) < 4.78 is 0. The molecule has 0 amide bonds. The van der Waals surface area contributed by atoms with Gasteiger partial charge in [-0.05, 0) is 34.6 Å². The lowest BCUT2D eigenvalue weighted by Gasteiger charge is -2.18. The van der Waals surface area contributed by atoms with Crippen LogP contribution in [0.4, 0.5) is 0 Å². The number of azo groups is 1. The summed E-state index contributed by atoms with van der Waals surface area (Å²) in [7, 11) is 0. The Hall–Kier alpha value is -0.770. The van der Waals surface area contributed by atoms with Crippen molar-refractivity contribution in [1.82, 2.24) is 0 Å². The molecule has 0 aliphatic carbocycles. The molecular formula is C10H20N2O2. The molecule has 0 aliphatic heterocycles. The van der Waals surface area contributed by atoms with E-state index in [9.17, 15) is 9.90 Å². The predicted octanol–water partition coefficient (Wildman–Crippen LogP) is 2.31. The summed E-state index contributed by atoms with van der Waals surface area (Å²) in [5, 5.41) is 17.5. The molecule has 0 aromatic rings. The van der Waals surface area contributed by atoms with Crippen molar-refractivity contribution in [3.05, 3.63) is 0 Å². The quantitative estimate of drug-likeness (QED) is 0.708. The fourth-order valence-corrected chi connectivity index (χ4v) is 0.721. The smallest absolute Gasteiger partial charge is 0.173 e. The molecule has 1 atom stereocenters.